The molecular formula is C16H37NO3Si. The molecule has 128 valence electrons. The second-order valence-electron chi connectivity index (χ2n) is 5.23. The third kappa shape index (κ3) is 9.63. The summed E-state index contributed by atoms with van der Waals surface area (Å²) in [5.74, 6) is 0. The summed E-state index contributed by atoms with van der Waals surface area (Å²) in [7, 11) is -1.96. The van der Waals surface area contributed by atoms with E-state index in [0.29, 0.717) is 0 Å². The smallest absolute Gasteiger partial charge is 0.337 e. The lowest BCUT2D eigenvalue weighted by atomic mass is 10.4. The van der Waals surface area contributed by atoms with Crippen LogP contribution in [0.25, 0.3) is 0 Å². The van der Waals surface area contributed by atoms with Crippen molar-refractivity contribution < 1.29 is 13.6 Å². The van der Waals surface area contributed by atoms with Gasteiger partial charge < -0.3 is 18.5 Å². The molecule has 0 aliphatic carbocycles. The van der Waals surface area contributed by atoms with Gasteiger partial charge in [0, 0.05) is 33.0 Å². The molecule has 0 rings (SSSR count). The second-order valence-corrected chi connectivity index (χ2v) is 8.83. The van der Waals surface area contributed by atoms with Crippen LogP contribution >= 0.6 is 0 Å². The molecule has 0 saturated heterocycles. The van der Waals surface area contributed by atoms with E-state index in [1.165, 1.54) is 0 Å². The molecule has 4 nitrogen and oxygen atoms in total. The van der Waals surface area contributed by atoms with Gasteiger partial charge in [-0.2, -0.15) is 0 Å². The van der Waals surface area contributed by atoms with Crippen molar-refractivity contribution >= 4 is 8.56 Å². The fourth-order valence-electron chi connectivity index (χ4n) is 2.57. The van der Waals surface area contributed by atoms with Gasteiger partial charge in [-0.05, 0) is 51.9 Å². The Hall–Kier alpha value is 0.0569. The van der Waals surface area contributed by atoms with Crippen LogP contribution < -0.4 is 0 Å². The summed E-state index contributed by atoms with van der Waals surface area (Å²) in [5, 5.41) is 0. The van der Waals surface area contributed by atoms with Crippen molar-refractivity contribution in [3.05, 3.63) is 0 Å². The summed E-state index contributed by atoms with van der Waals surface area (Å²) in [5.41, 5.74) is 0. The Bertz CT molecular complexity index is 220. The van der Waals surface area contributed by atoms with Crippen molar-refractivity contribution in [3.8, 4) is 0 Å². The van der Waals surface area contributed by atoms with E-state index in [4.69, 9.17) is 13.6 Å². The minimum absolute atomic E-state index is 0.755. The molecule has 0 aromatic rings. The van der Waals surface area contributed by atoms with Crippen LogP contribution in [0.1, 0.15) is 47.5 Å². The summed E-state index contributed by atoms with van der Waals surface area (Å²) in [6, 6.07) is 2.07. The number of hydrogen-bond donors (Lipinski definition) is 0. The highest BCUT2D eigenvalue weighted by molar-refractivity contribution is 6.67. The van der Waals surface area contributed by atoms with Gasteiger partial charge in [0.15, 0.2) is 0 Å². The number of ether oxygens (including phenoxy) is 1. The summed E-state index contributed by atoms with van der Waals surface area (Å²) >= 11 is 0. The van der Waals surface area contributed by atoms with Gasteiger partial charge >= 0.3 is 8.56 Å². The fraction of sp³-hybridized carbons (Fsp3) is 1.00. The molecule has 0 bridgehead atoms. The third-order valence-corrected chi connectivity index (χ3v) is 7.68. The Morgan fingerprint density at radius 2 is 1.38 bits per heavy atom. The van der Waals surface area contributed by atoms with Crippen molar-refractivity contribution in [1.82, 2.24) is 4.90 Å². The van der Waals surface area contributed by atoms with Crippen molar-refractivity contribution in [2.24, 2.45) is 0 Å². The normalized spacial score (nSPS) is 12.3. The summed E-state index contributed by atoms with van der Waals surface area (Å²) in [6.45, 7) is 17.3. The summed E-state index contributed by atoms with van der Waals surface area (Å²) in [6.07, 6.45) is 2.17. The molecule has 0 aliphatic rings. The van der Waals surface area contributed by atoms with Crippen molar-refractivity contribution in [3.63, 3.8) is 0 Å². The average molecular weight is 320 g/mol. The molecule has 0 spiro atoms. The average Bonchev–Trinajstić information content (AvgIpc) is 2.50. The Morgan fingerprint density at radius 3 is 1.86 bits per heavy atom. The fourth-order valence-corrected chi connectivity index (χ4v) is 5.44. The Labute approximate surface area is 133 Å². The van der Waals surface area contributed by atoms with Crippen LogP contribution in [-0.2, 0) is 13.6 Å². The molecular weight excluding hydrogens is 282 g/mol. The molecule has 0 heterocycles. The lowest BCUT2D eigenvalue weighted by Gasteiger charge is -2.28. The van der Waals surface area contributed by atoms with Gasteiger partial charge in [0.25, 0.3) is 0 Å². The maximum absolute atomic E-state index is 5.96. The van der Waals surface area contributed by atoms with E-state index >= 15 is 0 Å². The second kappa shape index (κ2) is 13.7. The van der Waals surface area contributed by atoms with E-state index in [0.717, 1.165) is 71.0 Å². The monoisotopic (exact) mass is 319 g/mol. The van der Waals surface area contributed by atoms with E-state index in [-0.39, 0.29) is 0 Å². The minimum Gasteiger partial charge on any atom is -0.394 e. The van der Waals surface area contributed by atoms with Gasteiger partial charge in [0.05, 0.1) is 0 Å². The van der Waals surface area contributed by atoms with Crippen LogP contribution in [0.4, 0.5) is 0 Å². The predicted molar refractivity (Wildman–Crippen MR) is 92.1 cm³/mol. The van der Waals surface area contributed by atoms with Crippen LogP contribution in [0.15, 0.2) is 0 Å². The largest absolute Gasteiger partial charge is 0.394 e. The lowest BCUT2D eigenvalue weighted by Crippen LogP contribution is -2.41. The first kappa shape index (κ1) is 21.1. The van der Waals surface area contributed by atoms with Crippen molar-refractivity contribution in [2.75, 3.05) is 46.1 Å². The van der Waals surface area contributed by atoms with Crippen molar-refractivity contribution in [1.29, 1.82) is 0 Å². The van der Waals surface area contributed by atoms with Gasteiger partial charge in [-0.25, -0.2) is 0 Å². The molecule has 0 fully saturated rings. The highest BCUT2D eigenvalue weighted by Crippen LogP contribution is 2.20. The predicted octanol–water partition coefficient (Wildman–Crippen LogP) is 3.66. The topological polar surface area (TPSA) is 30.9 Å². The molecule has 0 aromatic carbocycles. The molecule has 5 heteroatoms. The van der Waals surface area contributed by atoms with E-state index in [1.807, 2.05) is 0 Å². The SMILES string of the molecule is CCO[Si](CC)(CCCOCCCN(CC)CC)OCC. The van der Waals surface area contributed by atoms with Crippen LogP contribution in [0.2, 0.25) is 12.1 Å². The van der Waals surface area contributed by atoms with Crippen LogP contribution in [0.3, 0.4) is 0 Å². The zero-order chi connectivity index (χ0) is 16.0. The zero-order valence-corrected chi connectivity index (χ0v) is 16.0. The molecule has 0 radical (unpaired) electrons. The molecule has 0 amide bonds. The number of hydrogen-bond acceptors (Lipinski definition) is 4. The first-order valence-corrected chi connectivity index (χ1v) is 11.0. The molecule has 0 aromatic heterocycles. The first-order valence-electron chi connectivity index (χ1n) is 8.75. The number of nitrogens with zero attached hydrogens (tertiary/aromatic N) is 1. The Balaban J connectivity index is 3.75. The third-order valence-electron chi connectivity index (χ3n) is 3.86. The van der Waals surface area contributed by atoms with E-state index in [1.54, 1.807) is 0 Å². The maximum atomic E-state index is 5.96. The molecule has 21 heavy (non-hydrogen) atoms. The van der Waals surface area contributed by atoms with E-state index in [9.17, 15) is 0 Å². The highest BCUT2D eigenvalue weighted by atomic mass is 28.4. The van der Waals surface area contributed by atoms with Gasteiger partial charge in [-0.15, -0.1) is 0 Å². The van der Waals surface area contributed by atoms with Crippen molar-refractivity contribution in [2.45, 2.75) is 59.5 Å². The molecule has 0 N–H and O–H groups in total. The highest BCUT2D eigenvalue weighted by Gasteiger charge is 2.34. The summed E-state index contributed by atoms with van der Waals surface area (Å²) in [4.78, 5) is 2.43. The lowest BCUT2D eigenvalue weighted by molar-refractivity contribution is 0.117. The van der Waals surface area contributed by atoms with E-state index in [2.05, 4.69) is 39.5 Å². The van der Waals surface area contributed by atoms with Crippen LogP contribution in [-0.4, -0.2) is 59.5 Å². The van der Waals surface area contributed by atoms with Crippen LogP contribution in [0.5, 0.6) is 0 Å². The maximum Gasteiger partial charge on any atom is 0.337 e. The van der Waals surface area contributed by atoms with Gasteiger partial charge in [-0.1, -0.05) is 20.8 Å². The Kier molecular flexibility index (Phi) is 13.7. The van der Waals surface area contributed by atoms with Gasteiger partial charge in [-0.3, -0.25) is 0 Å². The van der Waals surface area contributed by atoms with Gasteiger partial charge in [0.2, 0.25) is 0 Å². The summed E-state index contributed by atoms with van der Waals surface area (Å²) < 4.78 is 17.7. The Morgan fingerprint density at radius 1 is 0.810 bits per heavy atom. The molecule has 0 aliphatic heterocycles. The van der Waals surface area contributed by atoms with E-state index < -0.39 is 8.56 Å². The minimum atomic E-state index is -1.96. The molecule has 0 atom stereocenters. The first-order chi connectivity index (χ1) is 10.2. The molecule has 0 unspecified atom stereocenters. The number of rotatable bonds is 15. The van der Waals surface area contributed by atoms with Gasteiger partial charge in [0.1, 0.15) is 0 Å². The van der Waals surface area contributed by atoms with Crippen LogP contribution in [0, 0.1) is 0 Å². The standard InChI is InChI=1S/C16H37NO3Si/c1-6-17(7-2)13-11-14-18-15-12-16-21(10-5,19-8-3)20-9-4/h6-16H2,1-5H3. The molecule has 0 saturated carbocycles. The zero-order valence-electron chi connectivity index (χ0n) is 15.0. The quantitative estimate of drug-likeness (QED) is 0.340.